The molecular weight excluding hydrogens is 156 g/mol. The van der Waals surface area contributed by atoms with Crippen molar-refractivity contribution in [2.24, 2.45) is 11.3 Å². The summed E-state index contributed by atoms with van der Waals surface area (Å²) in [6.07, 6.45) is 1.92. The lowest BCUT2D eigenvalue weighted by molar-refractivity contribution is -0.159. The number of fused-ring (bicyclic) bond motifs is 1. The number of hydrogen-bond donors (Lipinski definition) is 0. The fourth-order valence-electron chi connectivity index (χ4n) is 2.15. The highest BCUT2D eigenvalue weighted by molar-refractivity contribution is 5.89. The molecule has 0 radical (unpaired) electrons. The van der Waals surface area contributed by atoms with Gasteiger partial charge in [-0.25, -0.2) is 0 Å². The second-order valence-electron chi connectivity index (χ2n) is 3.94. The molecule has 0 aromatic heterocycles. The van der Waals surface area contributed by atoms with Crippen LogP contribution in [0.25, 0.3) is 0 Å². The zero-order chi connectivity index (χ0) is 8.77. The first kappa shape index (κ1) is 7.77. The molecule has 0 aromatic carbocycles. The van der Waals surface area contributed by atoms with E-state index in [1.54, 1.807) is 0 Å². The summed E-state index contributed by atoms with van der Waals surface area (Å²) in [5.41, 5.74) is -0.353. The third kappa shape index (κ3) is 0.886. The number of hydrogen-bond acceptors (Lipinski definition) is 3. The van der Waals surface area contributed by atoms with Crippen LogP contribution in [0.2, 0.25) is 0 Å². The van der Waals surface area contributed by atoms with Crippen LogP contribution in [0.15, 0.2) is 0 Å². The third-order valence-corrected chi connectivity index (χ3v) is 3.20. The van der Waals surface area contributed by atoms with Crippen LogP contribution in [-0.2, 0) is 14.3 Å². The van der Waals surface area contributed by atoms with Crippen LogP contribution >= 0.6 is 0 Å². The Morgan fingerprint density at radius 1 is 1.50 bits per heavy atom. The Bertz CT molecular complexity index is 246. The number of esters is 1. The van der Waals surface area contributed by atoms with Crippen LogP contribution in [0.3, 0.4) is 0 Å². The SMILES string of the molecule is C[C@]12COC(=O)C[C@@H]1CCC2=O. The first-order chi connectivity index (χ1) is 5.63. The highest BCUT2D eigenvalue weighted by atomic mass is 16.5. The Kier molecular flexibility index (Phi) is 1.50. The van der Waals surface area contributed by atoms with Gasteiger partial charge in [0.2, 0.25) is 0 Å². The van der Waals surface area contributed by atoms with Crippen molar-refractivity contribution >= 4 is 11.8 Å². The van der Waals surface area contributed by atoms with Crippen molar-refractivity contribution in [2.45, 2.75) is 26.2 Å². The molecule has 66 valence electrons. The predicted molar refractivity (Wildman–Crippen MR) is 41.4 cm³/mol. The van der Waals surface area contributed by atoms with Crippen LogP contribution in [0.1, 0.15) is 26.2 Å². The first-order valence-corrected chi connectivity index (χ1v) is 4.32. The van der Waals surface area contributed by atoms with Crippen molar-refractivity contribution in [3.05, 3.63) is 0 Å². The number of ketones is 1. The highest BCUT2D eigenvalue weighted by Crippen LogP contribution is 2.44. The maximum Gasteiger partial charge on any atom is 0.306 e. The van der Waals surface area contributed by atoms with Crippen LogP contribution in [0.5, 0.6) is 0 Å². The molecule has 3 nitrogen and oxygen atoms in total. The zero-order valence-electron chi connectivity index (χ0n) is 7.13. The average Bonchev–Trinajstić information content (AvgIpc) is 2.31. The molecule has 1 saturated carbocycles. The highest BCUT2D eigenvalue weighted by Gasteiger charge is 2.50. The van der Waals surface area contributed by atoms with E-state index in [2.05, 4.69) is 0 Å². The standard InChI is InChI=1S/C9H12O3/c1-9-5-12-8(11)4-6(9)2-3-7(9)10/h6H,2-5H2,1H3/t6-,9-/m0/s1. The second-order valence-corrected chi connectivity index (χ2v) is 3.94. The van der Waals surface area contributed by atoms with Crippen molar-refractivity contribution in [3.63, 3.8) is 0 Å². The zero-order valence-corrected chi connectivity index (χ0v) is 7.13. The van der Waals surface area contributed by atoms with Gasteiger partial charge in [0.15, 0.2) is 0 Å². The molecule has 2 fully saturated rings. The maximum atomic E-state index is 11.4. The lowest BCUT2D eigenvalue weighted by Gasteiger charge is -2.33. The summed E-state index contributed by atoms with van der Waals surface area (Å²) in [5, 5.41) is 0. The van der Waals surface area contributed by atoms with E-state index in [9.17, 15) is 9.59 Å². The van der Waals surface area contributed by atoms with Crippen molar-refractivity contribution in [1.82, 2.24) is 0 Å². The van der Waals surface area contributed by atoms with Crippen molar-refractivity contribution < 1.29 is 14.3 Å². The molecule has 1 saturated heterocycles. The van der Waals surface area contributed by atoms with E-state index in [-0.39, 0.29) is 23.1 Å². The van der Waals surface area contributed by atoms with Gasteiger partial charge in [0.25, 0.3) is 0 Å². The number of ether oxygens (including phenoxy) is 1. The van der Waals surface area contributed by atoms with E-state index >= 15 is 0 Å². The molecule has 0 aromatic rings. The average molecular weight is 168 g/mol. The van der Waals surface area contributed by atoms with E-state index < -0.39 is 0 Å². The van der Waals surface area contributed by atoms with Crippen LogP contribution < -0.4 is 0 Å². The predicted octanol–water partition coefficient (Wildman–Crippen LogP) is 0.919. The molecule has 0 N–H and O–H groups in total. The van der Waals surface area contributed by atoms with Crippen molar-refractivity contribution in [3.8, 4) is 0 Å². The molecule has 2 aliphatic rings. The van der Waals surface area contributed by atoms with E-state index in [4.69, 9.17) is 4.74 Å². The molecule has 2 rings (SSSR count). The Labute approximate surface area is 71.1 Å². The van der Waals surface area contributed by atoms with E-state index in [1.807, 2.05) is 6.92 Å². The van der Waals surface area contributed by atoms with Gasteiger partial charge >= 0.3 is 5.97 Å². The summed E-state index contributed by atoms with van der Waals surface area (Å²) >= 11 is 0. The topological polar surface area (TPSA) is 43.4 Å². The number of carbonyl (C=O) groups excluding carboxylic acids is 2. The van der Waals surface area contributed by atoms with E-state index in [0.29, 0.717) is 19.4 Å². The van der Waals surface area contributed by atoms with Gasteiger partial charge in [-0.1, -0.05) is 0 Å². The summed E-state index contributed by atoms with van der Waals surface area (Å²) in [7, 11) is 0. The Morgan fingerprint density at radius 3 is 3.00 bits per heavy atom. The molecule has 2 atom stereocenters. The quantitative estimate of drug-likeness (QED) is 0.505. The summed E-state index contributed by atoms with van der Waals surface area (Å²) in [4.78, 5) is 22.4. The van der Waals surface area contributed by atoms with Crippen molar-refractivity contribution in [1.29, 1.82) is 0 Å². The summed E-state index contributed by atoms with van der Waals surface area (Å²) in [6, 6.07) is 0. The molecule has 0 spiro atoms. The molecule has 1 aliphatic heterocycles. The van der Waals surface area contributed by atoms with Gasteiger partial charge in [-0.3, -0.25) is 9.59 Å². The van der Waals surface area contributed by atoms with Gasteiger partial charge in [-0.15, -0.1) is 0 Å². The fraction of sp³-hybridized carbons (Fsp3) is 0.778. The molecule has 0 unspecified atom stereocenters. The number of rotatable bonds is 0. The van der Waals surface area contributed by atoms with Crippen LogP contribution in [-0.4, -0.2) is 18.4 Å². The van der Waals surface area contributed by atoms with Crippen LogP contribution in [0, 0.1) is 11.3 Å². The first-order valence-electron chi connectivity index (χ1n) is 4.32. The summed E-state index contributed by atoms with van der Waals surface area (Å²) in [6.45, 7) is 2.22. The van der Waals surface area contributed by atoms with Gasteiger partial charge < -0.3 is 4.74 Å². The Balaban J connectivity index is 2.24. The molecule has 1 aliphatic carbocycles. The summed E-state index contributed by atoms with van der Waals surface area (Å²) in [5.74, 6) is 0.360. The largest absolute Gasteiger partial charge is 0.465 e. The Morgan fingerprint density at radius 2 is 2.25 bits per heavy atom. The van der Waals surface area contributed by atoms with E-state index in [1.165, 1.54) is 0 Å². The summed E-state index contributed by atoms with van der Waals surface area (Å²) < 4.78 is 4.91. The molecule has 12 heavy (non-hydrogen) atoms. The van der Waals surface area contributed by atoms with E-state index in [0.717, 1.165) is 6.42 Å². The second kappa shape index (κ2) is 2.31. The minimum atomic E-state index is -0.353. The number of Topliss-reactive ketones (excluding diaryl/α,β-unsaturated/α-hetero) is 1. The third-order valence-electron chi connectivity index (χ3n) is 3.20. The molecule has 3 heteroatoms. The monoisotopic (exact) mass is 168 g/mol. The normalized spacial score (nSPS) is 40.9. The van der Waals surface area contributed by atoms with Gasteiger partial charge in [-0.05, 0) is 19.3 Å². The lowest BCUT2D eigenvalue weighted by Crippen LogP contribution is -2.40. The minimum Gasteiger partial charge on any atom is -0.465 e. The Hall–Kier alpha value is -0.860. The minimum absolute atomic E-state index is 0.146. The van der Waals surface area contributed by atoms with Crippen LogP contribution in [0.4, 0.5) is 0 Å². The smallest absolute Gasteiger partial charge is 0.306 e. The molecule has 1 heterocycles. The van der Waals surface area contributed by atoms with Gasteiger partial charge in [0, 0.05) is 12.8 Å². The number of cyclic esters (lactones) is 1. The maximum absolute atomic E-state index is 11.4. The molecule has 0 bridgehead atoms. The number of carbonyl (C=O) groups is 2. The van der Waals surface area contributed by atoms with Gasteiger partial charge in [0.05, 0.1) is 5.41 Å². The lowest BCUT2D eigenvalue weighted by atomic mass is 9.77. The van der Waals surface area contributed by atoms with Gasteiger partial charge in [0.1, 0.15) is 12.4 Å². The molecular formula is C9H12O3. The molecule has 0 amide bonds. The van der Waals surface area contributed by atoms with Gasteiger partial charge in [-0.2, -0.15) is 0 Å². The fourth-order valence-corrected chi connectivity index (χ4v) is 2.15. The van der Waals surface area contributed by atoms with Crippen molar-refractivity contribution in [2.75, 3.05) is 6.61 Å².